The first-order chi connectivity index (χ1) is 9.65. The molecule has 0 aliphatic heterocycles. The molecule has 0 spiro atoms. The number of nitrogens with zero attached hydrogens (tertiary/aromatic N) is 1. The molecule has 1 aromatic carbocycles. The smallest absolute Gasteiger partial charge is 0.163 e. The van der Waals surface area contributed by atoms with E-state index in [2.05, 4.69) is 10.3 Å². The number of benzene rings is 1. The van der Waals surface area contributed by atoms with E-state index in [1.54, 1.807) is 18.3 Å². The normalized spacial score (nSPS) is 12.4. The van der Waals surface area contributed by atoms with Crippen LogP contribution in [0.25, 0.3) is 0 Å². The molecule has 0 fully saturated rings. The summed E-state index contributed by atoms with van der Waals surface area (Å²) in [4.78, 5) is 4.20. The van der Waals surface area contributed by atoms with Crippen molar-refractivity contribution in [1.29, 1.82) is 0 Å². The third-order valence-corrected chi connectivity index (χ3v) is 3.27. The Kier molecular flexibility index (Phi) is 5.04. The summed E-state index contributed by atoms with van der Waals surface area (Å²) < 4.78 is 27.4. The molecule has 0 saturated carbocycles. The molecule has 20 heavy (non-hydrogen) atoms. The summed E-state index contributed by atoms with van der Waals surface area (Å²) in [6.45, 7) is 2.64. The molecule has 0 aliphatic carbocycles. The van der Waals surface area contributed by atoms with Crippen molar-refractivity contribution < 1.29 is 8.78 Å². The maximum absolute atomic E-state index is 14.0. The number of hydrogen-bond donors (Lipinski definition) is 1. The lowest BCUT2D eigenvalue weighted by atomic mass is 10.0. The number of nitrogens with one attached hydrogen (secondary N) is 1. The van der Waals surface area contributed by atoms with Crippen molar-refractivity contribution in [1.82, 2.24) is 10.3 Å². The second kappa shape index (κ2) is 6.77. The standard InChI is InChI=1S/C15H15ClF2N2/c1-2-8-19-14(15-11(16)6-4-9-20-15)10-5-3-7-12(17)13(10)18/h3-7,9,14,19H,2,8H2,1H3. The minimum Gasteiger partial charge on any atom is -0.305 e. The van der Waals surface area contributed by atoms with E-state index in [-0.39, 0.29) is 5.56 Å². The van der Waals surface area contributed by atoms with Gasteiger partial charge in [-0.25, -0.2) is 8.78 Å². The average molecular weight is 297 g/mol. The summed E-state index contributed by atoms with van der Waals surface area (Å²) in [5.74, 6) is -1.75. The Labute approximate surface area is 121 Å². The Balaban J connectivity index is 2.47. The molecule has 1 heterocycles. The van der Waals surface area contributed by atoms with Crippen LogP contribution in [0.15, 0.2) is 36.5 Å². The molecule has 2 rings (SSSR count). The van der Waals surface area contributed by atoms with Gasteiger partial charge in [0.25, 0.3) is 0 Å². The monoisotopic (exact) mass is 296 g/mol. The van der Waals surface area contributed by atoms with E-state index in [1.807, 2.05) is 6.92 Å². The molecule has 1 aromatic heterocycles. The Morgan fingerprint density at radius 1 is 1.25 bits per heavy atom. The fraction of sp³-hybridized carbons (Fsp3) is 0.267. The number of aromatic nitrogens is 1. The van der Waals surface area contributed by atoms with Crippen molar-refractivity contribution in [2.75, 3.05) is 6.54 Å². The minimum atomic E-state index is -0.877. The van der Waals surface area contributed by atoms with Crippen LogP contribution in [-0.2, 0) is 0 Å². The quantitative estimate of drug-likeness (QED) is 0.898. The van der Waals surface area contributed by atoms with E-state index in [4.69, 9.17) is 11.6 Å². The number of pyridine rings is 1. The van der Waals surface area contributed by atoms with E-state index < -0.39 is 17.7 Å². The van der Waals surface area contributed by atoms with Gasteiger partial charge in [-0.3, -0.25) is 4.98 Å². The first-order valence-corrected chi connectivity index (χ1v) is 6.80. The Hall–Kier alpha value is -1.52. The van der Waals surface area contributed by atoms with Gasteiger partial charge in [0.2, 0.25) is 0 Å². The third-order valence-electron chi connectivity index (χ3n) is 2.95. The zero-order valence-electron chi connectivity index (χ0n) is 11.0. The number of hydrogen-bond acceptors (Lipinski definition) is 2. The van der Waals surface area contributed by atoms with E-state index >= 15 is 0 Å². The van der Waals surface area contributed by atoms with Gasteiger partial charge in [0.15, 0.2) is 11.6 Å². The van der Waals surface area contributed by atoms with Gasteiger partial charge in [0.05, 0.1) is 16.8 Å². The predicted octanol–water partition coefficient (Wildman–Crippen LogP) is 4.10. The van der Waals surface area contributed by atoms with Crippen LogP contribution in [0.2, 0.25) is 5.02 Å². The van der Waals surface area contributed by atoms with Crippen LogP contribution in [-0.4, -0.2) is 11.5 Å². The Bertz CT molecular complexity index is 590. The highest BCUT2D eigenvalue weighted by Crippen LogP contribution is 2.28. The molecule has 2 nitrogen and oxygen atoms in total. The molecule has 0 aliphatic rings. The predicted molar refractivity (Wildman–Crippen MR) is 75.7 cm³/mol. The summed E-state index contributed by atoms with van der Waals surface area (Å²) in [6.07, 6.45) is 2.44. The SMILES string of the molecule is CCCNC(c1cccc(F)c1F)c1ncccc1Cl. The van der Waals surface area contributed by atoms with Gasteiger partial charge in [-0.05, 0) is 31.2 Å². The van der Waals surface area contributed by atoms with Crippen LogP contribution in [0.1, 0.15) is 30.6 Å². The van der Waals surface area contributed by atoms with Crippen molar-refractivity contribution in [3.05, 3.63) is 64.4 Å². The van der Waals surface area contributed by atoms with Gasteiger partial charge >= 0.3 is 0 Å². The van der Waals surface area contributed by atoms with Crippen molar-refractivity contribution in [2.45, 2.75) is 19.4 Å². The largest absolute Gasteiger partial charge is 0.305 e. The van der Waals surface area contributed by atoms with E-state index in [0.29, 0.717) is 17.3 Å². The molecule has 0 amide bonds. The van der Waals surface area contributed by atoms with Crippen molar-refractivity contribution in [2.24, 2.45) is 0 Å². The van der Waals surface area contributed by atoms with Crippen LogP contribution in [0.5, 0.6) is 0 Å². The van der Waals surface area contributed by atoms with E-state index in [0.717, 1.165) is 12.5 Å². The first-order valence-electron chi connectivity index (χ1n) is 6.42. The van der Waals surface area contributed by atoms with Crippen molar-refractivity contribution in [3.63, 3.8) is 0 Å². The maximum Gasteiger partial charge on any atom is 0.163 e. The zero-order valence-corrected chi connectivity index (χ0v) is 11.8. The lowest BCUT2D eigenvalue weighted by Crippen LogP contribution is -2.25. The van der Waals surface area contributed by atoms with Crippen LogP contribution in [0.4, 0.5) is 8.78 Å². The Morgan fingerprint density at radius 3 is 2.75 bits per heavy atom. The molecule has 106 valence electrons. The third kappa shape index (κ3) is 3.14. The van der Waals surface area contributed by atoms with Gasteiger partial charge in [-0.2, -0.15) is 0 Å². The summed E-state index contributed by atoms with van der Waals surface area (Å²) in [6, 6.07) is 6.92. The van der Waals surface area contributed by atoms with Gasteiger partial charge in [0.1, 0.15) is 0 Å². The number of rotatable bonds is 5. The maximum atomic E-state index is 14.0. The van der Waals surface area contributed by atoms with Crippen molar-refractivity contribution >= 4 is 11.6 Å². The van der Waals surface area contributed by atoms with Crippen molar-refractivity contribution in [3.8, 4) is 0 Å². The highest BCUT2D eigenvalue weighted by atomic mass is 35.5. The second-order valence-corrected chi connectivity index (χ2v) is 4.81. The van der Waals surface area contributed by atoms with Crippen LogP contribution >= 0.6 is 11.6 Å². The molecular formula is C15H15ClF2N2. The van der Waals surface area contributed by atoms with Crippen LogP contribution < -0.4 is 5.32 Å². The summed E-state index contributed by atoms with van der Waals surface area (Å²) in [7, 11) is 0. The van der Waals surface area contributed by atoms with Crippen LogP contribution in [0, 0.1) is 11.6 Å². The summed E-state index contributed by atoms with van der Waals surface area (Å²) in [5.41, 5.74) is 0.700. The van der Waals surface area contributed by atoms with Crippen LogP contribution in [0.3, 0.4) is 0 Å². The molecule has 1 N–H and O–H groups in total. The molecule has 0 bridgehead atoms. The van der Waals surface area contributed by atoms with E-state index in [9.17, 15) is 8.78 Å². The van der Waals surface area contributed by atoms with Gasteiger partial charge in [0, 0.05) is 11.8 Å². The highest BCUT2D eigenvalue weighted by molar-refractivity contribution is 6.31. The molecule has 1 atom stereocenters. The minimum absolute atomic E-state index is 0.207. The molecule has 2 aromatic rings. The van der Waals surface area contributed by atoms with Gasteiger partial charge in [-0.15, -0.1) is 0 Å². The molecular weight excluding hydrogens is 282 g/mol. The molecule has 0 saturated heterocycles. The fourth-order valence-electron chi connectivity index (χ4n) is 2.00. The lowest BCUT2D eigenvalue weighted by molar-refractivity contribution is 0.478. The fourth-order valence-corrected chi connectivity index (χ4v) is 2.23. The highest BCUT2D eigenvalue weighted by Gasteiger charge is 2.22. The second-order valence-electron chi connectivity index (χ2n) is 4.40. The molecule has 5 heteroatoms. The van der Waals surface area contributed by atoms with Gasteiger partial charge < -0.3 is 5.32 Å². The first kappa shape index (κ1) is 14.9. The lowest BCUT2D eigenvalue weighted by Gasteiger charge is -2.20. The summed E-state index contributed by atoms with van der Waals surface area (Å²) >= 11 is 6.12. The molecule has 1 unspecified atom stereocenters. The topological polar surface area (TPSA) is 24.9 Å². The molecule has 0 radical (unpaired) electrons. The average Bonchev–Trinajstić information content (AvgIpc) is 2.45. The summed E-state index contributed by atoms with van der Waals surface area (Å²) in [5, 5.41) is 3.58. The Morgan fingerprint density at radius 2 is 2.05 bits per heavy atom. The number of halogens is 3. The van der Waals surface area contributed by atoms with E-state index in [1.165, 1.54) is 12.1 Å². The zero-order chi connectivity index (χ0) is 14.5. The van der Waals surface area contributed by atoms with Gasteiger partial charge in [-0.1, -0.05) is 30.7 Å².